The van der Waals surface area contributed by atoms with Gasteiger partial charge in [0.15, 0.2) is 6.61 Å². The molecule has 0 saturated heterocycles. The monoisotopic (exact) mass is 468 g/mol. The number of nitrogens with zero attached hydrogens (tertiary/aromatic N) is 3. The second kappa shape index (κ2) is 9.32. The molecule has 0 saturated carbocycles. The van der Waals surface area contributed by atoms with Crippen LogP contribution in [-0.2, 0) is 11.3 Å². The third-order valence-corrected chi connectivity index (χ3v) is 5.36. The molecule has 7 nitrogen and oxygen atoms in total. The normalized spacial score (nSPS) is 14.6. The minimum atomic E-state index is -4.29. The lowest BCUT2D eigenvalue weighted by molar-refractivity contribution is -0.148. The summed E-state index contributed by atoms with van der Waals surface area (Å²) in [5.41, 5.74) is 1.99. The fourth-order valence-electron chi connectivity index (χ4n) is 3.30. The van der Waals surface area contributed by atoms with Gasteiger partial charge in [0.1, 0.15) is 5.82 Å². The zero-order chi connectivity index (χ0) is 24.5. The Hall–Kier alpha value is -3.24. The number of aromatic nitrogens is 2. The molecule has 0 radical (unpaired) electrons. The highest BCUT2D eigenvalue weighted by molar-refractivity contribution is 6.01. The largest absolute Gasteiger partial charge is 0.471 e. The number of nitrogens with one attached hydrogen (secondary N) is 1. The van der Waals surface area contributed by atoms with Crippen molar-refractivity contribution in [2.45, 2.75) is 52.6 Å². The lowest BCUT2D eigenvalue weighted by Crippen LogP contribution is -2.34. The molecular formula is C22H24F4N4O3. The van der Waals surface area contributed by atoms with E-state index in [0.717, 1.165) is 0 Å². The van der Waals surface area contributed by atoms with E-state index in [2.05, 4.69) is 15.3 Å². The van der Waals surface area contributed by atoms with E-state index in [1.54, 1.807) is 44.7 Å². The van der Waals surface area contributed by atoms with Gasteiger partial charge < -0.3 is 15.0 Å². The second-order valence-corrected chi connectivity index (χ2v) is 8.18. The average molecular weight is 468 g/mol. The van der Waals surface area contributed by atoms with Gasteiger partial charge in [-0.25, -0.2) is 18.7 Å². The molecule has 3 rings (SSSR count). The molecule has 11 heteroatoms. The molecule has 1 unspecified atom stereocenters. The summed E-state index contributed by atoms with van der Waals surface area (Å²) in [4.78, 5) is 34.8. The summed E-state index contributed by atoms with van der Waals surface area (Å²) in [7, 11) is 0. The molecule has 1 N–H and O–H groups in total. The van der Waals surface area contributed by atoms with Crippen LogP contribution in [0.3, 0.4) is 0 Å². The fourth-order valence-corrected chi connectivity index (χ4v) is 3.30. The molecule has 1 atom stereocenters. The Morgan fingerprint density at radius 3 is 2.58 bits per heavy atom. The van der Waals surface area contributed by atoms with E-state index >= 15 is 0 Å². The third-order valence-electron chi connectivity index (χ3n) is 5.36. The van der Waals surface area contributed by atoms with E-state index < -0.39 is 25.0 Å². The van der Waals surface area contributed by atoms with Crippen molar-refractivity contribution < 1.29 is 31.9 Å². The van der Waals surface area contributed by atoms with E-state index in [1.807, 2.05) is 0 Å². The van der Waals surface area contributed by atoms with Gasteiger partial charge in [-0.2, -0.15) is 8.78 Å². The van der Waals surface area contributed by atoms with Crippen LogP contribution in [0.15, 0.2) is 24.5 Å². The highest BCUT2D eigenvalue weighted by Gasteiger charge is 2.42. The number of hydrogen-bond donors (Lipinski definition) is 1. The number of rotatable bonds is 8. The Bertz CT molecular complexity index is 1060. The van der Waals surface area contributed by atoms with Crippen LogP contribution in [0.5, 0.6) is 5.88 Å². The van der Waals surface area contributed by atoms with Crippen LogP contribution in [0.2, 0.25) is 0 Å². The van der Waals surface area contributed by atoms with Crippen LogP contribution in [0.25, 0.3) is 0 Å². The molecule has 0 aromatic carbocycles. The van der Waals surface area contributed by atoms with E-state index in [1.165, 1.54) is 12.4 Å². The Morgan fingerprint density at radius 2 is 1.97 bits per heavy atom. The van der Waals surface area contributed by atoms with Crippen molar-refractivity contribution in [2.24, 2.45) is 5.92 Å². The predicted octanol–water partition coefficient (Wildman–Crippen LogP) is 4.38. The summed E-state index contributed by atoms with van der Waals surface area (Å²) in [6, 6.07) is 2.73. The number of fused-ring (bicyclic) bond motifs is 1. The van der Waals surface area contributed by atoms with Crippen molar-refractivity contribution >= 4 is 17.6 Å². The summed E-state index contributed by atoms with van der Waals surface area (Å²) < 4.78 is 55.7. The molecular weight excluding hydrogens is 444 g/mol. The average Bonchev–Trinajstić information content (AvgIpc) is 3.09. The number of alkyl halides is 4. The standard InChI is InChI=1S/C22H24F4N4O3/c1-11(2)18(31)29-17-16-9-30(20(32)15(16)5-6-27-17)13(4)14-7-12(3)19(28-8-14)33-10-22(25,26)21(23)24/h5-8,11,13,21H,9-10H2,1-4H3,(H,27,29,31). The van der Waals surface area contributed by atoms with Gasteiger partial charge in [-0.15, -0.1) is 0 Å². The van der Waals surface area contributed by atoms with Gasteiger partial charge >= 0.3 is 12.3 Å². The summed E-state index contributed by atoms with van der Waals surface area (Å²) in [5.74, 6) is -4.88. The number of pyridine rings is 2. The topological polar surface area (TPSA) is 84.4 Å². The van der Waals surface area contributed by atoms with Crippen molar-refractivity contribution in [1.82, 2.24) is 14.9 Å². The summed E-state index contributed by atoms with van der Waals surface area (Å²) in [5, 5.41) is 2.74. The quantitative estimate of drug-likeness (QED) is 0.582. The van der Waals surface area contributed by atoms with Crippen LogP contribution in [0, 0.1) is 12.8 Å². The zero-order valence-electron chi connectivity index (χ0n) is 18.5. The fraction of sp³-hybridized carbons (Fsp3) is 0.455. The second-order valence-electron chi connectivity index (χ2n) is 8.18. The van der Waals surface area contributed by atoms with Crippen molar-refractivity contribution in [3.05, 3.63) is 46.8 Å². The first kappa shape index (κ1) is 24.4. The highest BCUT2D eigenvalue weighted by atomic mass is 19.3. The van der Waals surface area contributed by atoms with Gasteiger partial charge in [0.05, 0.1) is 12.6 Å². The van der Waals surface area contributed by atoms with E-state index in [-0.39, 0.29) is 30.2 Å². The molecule has 178 valence electrons. The maximum absolute atomic E-state index is 13.1. The first-order chi connectivity index (χ1) is 15.4. The molecule has 2 amide bonds. The summed E-state index contributed by atoms with van der Waals surface area (Å²) in [6.07, 6.45) is -1.04. The Labute approximate surface area is 188 Å². The number of amides is 2. The van der Waals surface area contributed by atoms with Crippen molar-refractivity contribution in [3.8, 4) is 5.88 Å². The Balaban J connectivity index is 1.77. The lowest BCUT2D eigenvalue weighted by Gasteiger charge is -2.25. The van der Waals surface area contributed by atoms with Gasteiger partial charge in [0, 0.05) is 35.0 Å². The number of ether oxygens (including phenoxy) is 1. The van der Waals surface area contributed by atoms with Crippen LogP contribution in [0.1, 0.15) is 53.9 Å². The molecule has 0 aliphatic carbocycles. The number of carbonyl (C=O) groups excluding carboxylic acids is 2. The number of anilines is 1. The zero-order valence-corrected chi connectivity index (χ0v) is 18.5. The highest BCUT2D eigenvalue weighted by Crippen LogP contribution is 2.35. The van der Waals surface area contributed by atoms with Gasteiger partial charge in [-0.1, -0.05) is 13.8 Å². The van der Waals surface area contributed by atoms with Gasteiger partial charge in [0.25, 0.3) is 5.91 Å². The molecule has 0 bridgehead atoms. The molecule has 0 fully saturated rings. The Kier molecular flexibility index (Phi) is 6.89. The smallest absolute Gasteiger partial charge is 0.340 e. The maximum atomic E-state index is 13.1. The number of aryl methyl sites for hydroxylation is 1. The summed E-state index contributed by atoms with van der Waals surface area (Å²) >= 11 is 0. The van der Waals surface area contributed by atoms with Crippen LogP contribution >= 0.6 is 0 Å². The van der Waals surface area contributed by atoms with Crippen LogP contribution < -0.4 is 10.1 Å². The number of hydrogen-bond acceptors (Lipinski definition) is 5. The number of carbonyl (C=O) groups is 2. The molecule has 33 heavy (non-hydrogen) atoms. The third kappa shape index (κ3) is 5.07. The van der Waals surface area contributed by atoms with E-state index in [0.29, 0.717) is 28.1 Å². The minimum absolute atomic E-state index is 0.190. The Morgan fingerprint density at radius 1 is 1.27 bits per heavy atom. The predicted molar refractivity (Wildman–Crippen MR) is 111 cm³/mol. The van der Waals surface area contributed by atoms with Crippen molar-refractivity contribution in [1.29, 1.82) is 0 Å². The lowest BCUT2D eigenvalue weighted by atomic mass is 10.1. The van der Waals surface area contributed by atoms with Crippen molar-refractivity contribution in [2.75, 3.05) is 11.9 Å². The van der Waals surface area contributed by atoms with Crippen molar-refractivity contribution in [3.63, 3.8) is 0 Å². The molecule has 2 aromatic heterocycles. The first-order valence-corrected chi connectivity index (χ1v) is 10.3. The molecule has 3 heterocycles. The molecule has 1 aliphatic rings. The number of halogens is 4. The maximum Gasteiger partial charge on any atom is 0.340 e. The molecule has 0 spiro atoms. The summed E-state index contributed by atoms with van der Waals surface area (Å²) in [6.45, 7) is 5.51. The molecule has 2 aromatic rings. The molecule has 1 aliphatic heterocycles. The minimum Gasteiger partial charge on any atom is -0.471 e. The van der Waals surface area contributed by atoms with Gasteiger partial charge in [0.2, 0.25) is 11.8 Å². The van der Waals surface area contributed by atoms with E-state index in [9.17, 15) is 27.2 Å². The van der Waals surface area contributed by atoms with Crippen LogP contribution in [0.4, 0.5) is 23.4 Å². The first-order valence-electron chi connectivity index (χ1n) is 10.3. The van der Waals surface area contributed by atoms with Gasteiger partial charge in [-0.3, -0.25) is 9.59 Å². The SMILES string of the molecule is Cc1cc(C(C)N2Cc3c(ccnc3NC(=O)C(C)C)C2=O)cnc1OCC(F)(F)C(F)F. The van der Waals surface area contributed by atoms with Crippen LogP contribution in [-0.4, -0.2) is 45.6 Å². The van der Waals surface area contributed by atoms with E-state index in [4.69, 9.17) is 4.74 Å². The van der Waals surface area contributed by atoms with Gasteiger partial charge in [-0.05, 0) is 31.5 Å².